The Kier molecular flexibility index (Phi) is 4.80. The highest BCUT2D eigenvalue weighted by Crippen LogP contribution is 2.61. The van der Waals surface area contributed by atoms with Gasteiger partial charge in [-0.1, -0.05) is 38.1 Å². The Morgan fingerprint density at radius 2 is 1.69 bits per heavy atom. The number of hydrogen-bond acceptors (Lipinski definition) is 4. The fourth-order valence-electron chi connectivity index (χ4n) is 7.49. The fraction of sp³-hybridized carbons (Fsp3) is 0.696. The average molecular weight is 396 g/mol. The minimum Gasteiger partial charge on any atom is -0.426 e. The molecular formula is C23H33BN2O3. The van der Waals surface area contributed by atoms with Crippen LogP contribution >= 0.6 is 0 Å². The molecule has 0 saturated heterocycles. The maximum absolute atomic E-state index is 14.0. The summed E-state index contributed by atoms with van der Waals surface area (Å²) in [6.45, 7) is 4.68. The van der Waals surface area contributed by atoms with E-state index >= 15 is 0 Å². The highest BCUT2D eigenvalue weighted by atomic mass is 16.4. The first-order valence-corrected chi connectivity index (χ1v) is 11.4. The first-order valence-electron chi connectivity index (χ1n) is 11.4. The molecule has 4 saturated carbocycles. The van der Waals surface area contributed by atoms with Crippen molar-refractivity contribution in [1.29, 1.82) is 0 Å². The van der Waals surface area contributed by atoms with Gasteiger partial charge in [0.2, 0.25) is 5.91 Å². The van der Waals surface area contributed by atoms with Crippen LogP contribution in [0.5, 0.6) is 0 Å². The Morgan fingerprint density at radius 1 is 1.10 bits per heavy atom. The molecule has 0 spiro atoms. The van der Waals surface area contributed by atoms with Crippen molar-refractivity contribution in [2.24, 2.45) is 23.2 Å². The molecule has 5 nitrogen and oxygen atoms in total. The predicted octanol–water partition coefficient (Wildman–Crippen LogP) is 2.66. The van der Waals surface area contributed by atoms with Gasteiger partial charge in [-0.05, 0) is 72.8 Å². The molecule has 1 aromatic carbocycles. The lowest BCUT2D eigenvalue weighted by Gasteiger charge is -2.59. The molecular weight excluding hydrogens is 363 g/mol. The van der Waals surface area contributed by atoms with Crippen LogP contribution in [-0.2, 0) is 11.3 Å². The lowest BCUT2D eigenvalue weighted by atomic mass is 9.47. The number of hydrogen-bond donors (Lipinski definition) is 3. The molecule has 2 atom stereocenters. The van der Waals surface area contributed by atoms with Gasteiger partial charge in [-0.25, -0.2) is 0 Å². The van der Waals surface area contributed by atoms with Crippen molar-refractivity contribution in [3.8, 4) is 0 Å². The maximum Gasteiger partial charge on any atom is 0.480 e. The summed E-state index contributed by atoms with van der Waals surface area (Å²) in [6.07, 6.45) is 7.45. The van der Waals surface area contributed by atoms with Gasteiger partial charge in [-0.15, -0.1) is 0 Å². The average Bonchev–Trinajstić information content (AvgIpc) is 3.04. The Morgan fingerprint density at radius 3 is 2.24 bits per heavy atom. The molecule has 1 heterocycles. The molecule has 6 rings (SSSR count). The molecule has 0 radical (unpaired) electrons. The van der Waals surface area contributed by atoms with Crippen LogP contribution in [0.3, 0.4) is 0 Å². The van der Waals surface area contributed by atoms with Crippen molar-refractivity contribution in [2.75, 3.05) is 0 Å². The Hall–Kier alpha value is -1.37. The molecule has 4 fully saturated rings. The highest BCUT2D eigenvalue weighted by molar-refractivity contribution is 6.43. The molecule has 3 N–H and O–H groups in total. The second-order valence-corrected chi connectivity index (χ2v) is 10.6. The molecule has 4 aliphatic carbocycles. The number of fused-ring (bicyclic) bond motifs is 1. The summed E-state index contributed by atoms with van der Waals surface area (Å²) in [4.78, 5) is 15.8. The SMILES string of the molecule is CC(C)NC(C(=O)N1Cc2ccccc2C1B(O)O)C12CC3CC(CC(C3)C1)C2. The molecule has 1 aliphatic heterocycles. The number of carbonyl (C=O) groups excluding carboxylic acids is 1. The Bertz CT molecular complexity index is 761. The summed E-state index contributed by atoms with van der Waals surface area (Å²) in [6, 6.07) is 7.74. The fourth-order valence-corrected chi connectivity index (χ4v) is 7.49. The minimum atomic E-state index is -1.57. The quantitative estimate of drug-likeness (QED) is 0.670. The van der Waals surface area contributed by atoms with Crippen molar-refractivity contribution in [3.05, 3.63) is 35.4 Å². The van der Waals surface area contributed by atoms with Crippen molar-refractivity contribution in [3.63, 3.8) is 0 Å². The van der Waals surface area contributed by atoms with Gasteiger partial charge in [-0.3, -0.25) is 4.79 Å². The van der Waals surface area contributed by atoms with Crippen LogP contribution in [0.25, 0.3) is 0 Å². The summed E-state index contributed by atoms with van der Waals surface area (Å²) in [7, 11) is -1.57. The molecule has 2 unspecified atom stereocenters. The monoisotopic (exact) mass is 396 g/mol. The van der Waals surface area contributed by atoms with E-state index in [-0.39, 0.29) is 23.4 Å². The molecule has 1 amide bonds. The topological polar surface area (TPSA) is 72.8 Å². The van der Waals surface area contributed by atoms with E-state index in [1.165, 1.54) is 19.3 Å². The summed E-state index contributed by atoms with van der Waals surface area (Å²) in [5.41, 5.74) is 1.91. The molecule has 6 heteroatoms. The number of nitrogens with one attached hydrogen (secondary N) is 1. The lowest BCUT2D eigenvalue weighted by molar-refractivity contribution is -0.147. The standard InChI is InChI=1S/C23H33BN2O3/c1-14(2)25-20(23-10-15-7-16(11-23)9-17(8-15)12-23)22(27)26-13-18-5-3-4-6-19(18)21(26)24(28)29/h3-6,14-17,20-21,25,28-29H,7-13H2,1-2H3. The van der Waals surface area contributed by atoms with Crippen molar-refractivity contribution in [2.45, 2.75) is 76.9 Å². The second kappa shape index (κ2) is 7.10. The molecule has 1 aromatic rings. The largest absolute Gasteiger partial charge is 0.480 e. The van der Waals surface area contributed by atoms with Gasteiger partial charge in [-0.2, -0.15) is 0 Å². The van der Waals surface area contributed by atoms with E-state index in [2.05, 4.69) is 19.2 Å². The van der Waals surface area contributed by atoms with Crippen LogP contribution in [-0.4, -0.2) is 40.1 Å². The van der Waals surface area contributed by atoms with Crippen LogP contribution in [0, 0.1) is 23.2 Å². The zero-order chi connectivity index (χ0) is 20.3. The van der Waals surface area contributed by atoms with Gasteiger partial charge in [0.05, 0.1) is 12.0 Å². The van der Waals surface area contributed by atoms with Gasteiger partial charge in [0.1, 0.15) is 0 Å². The molecule has 156 valence electrons. The van der Waals surface area contributed by atoms with E-state index in [4.69, 9.17) is 0 Å². The summed E-state index contributed by atoms with van der Waals surface area (Å²) in [5, 5.41) is 24.0. The van der Waals surface area contributed by atoms with E-state index in [9.17, 15) is 14.8 Å². The van der Waals surface area contributed by atoms with Gasteiger partial charge in [0, 0.05) is 12.6 Å². The van der Waals surface area contributed by atoms with Crippen LogP contribution in [0.4, 0.5) is 0 Å². The maximum atomic E-state index is 14.0. The minimum absolute atomic E-state index is 0.0236. The van der Waals surface area contributed by atoms with Gasteiger partial charge in [0.25, 0.3) is 0 Å². The smallest absolute Gasteiger partial charge is 0.426 e. The van der Waals surface area contributed by atoms with Gasteiger partial charge < -0.3 is 20.3 Å². The van der Waals surface area contributed by atoms with Crippen LogP contribution in [0.2, 0.25) is 0 Å². The zero-order valence-corrected chi connectivity index (χ0v) is 17.6. The van der Waals surface area contributed by atoms with E-state index < -0.39 is 13.1 Å². The van der Waals surface area contributed by atoms with Crippen LogP contribution in [0.1, 0.15) is 69.4 Å². The third-order valence-corrected chi connectivity index (χ3v) is 8.06. The van der Waals surface area contributed by atoms with E-state index in [0.29, 0.717) is 6.54 Å². The number of rotatable bonds is 5. The van der Waals surface area contributed by atoms with Gasteiger partial charge >= 0.3 is 7.12 Å². The number of benzene rings is 1. The van der Waals surface area contributed by atoms with Crippen LogP contribution < -0.4 is 5.32 Å². The predicted molar refractivity (Wildman–Crippen MR) is 113 cm³/mol. The highest BCUT2D eigenvalue weighted by Gasteiger charge is 2.57. The third kappa shape index (κ3) is 3.24. The zero-order valence-electron chi connectivity index (χ0n) is 17.6. The molecule has 4 bridgehead atoms. The first-order chi connectivity index (χ1) is 13.9. The van der Waals surface area contributed by atoms with Crippen molar-refractivity contribution in [1.82, 2.24) is 10.2 Å². The number of nitrogens with zero attached hydrogens (tertiary/aromatic N) is 1. The Balaban J connectivity index is 1.48. The summed E-state index contributed by atoms with van der Waals surface area (Å²) >= 11 is 0. The number of amides is 1. The summed E-state index contributed by atoms with van der Waals surface area (Å²) < 4.78 is 0. The lowest BCUT2D eigenvalue weighted by Crippen LogP contribution is -2.62. The van der Waals surface area contributed by atoms with Crippen LogP contribution in [0.15, 0.2) is 24.3 Å². The number of carbonyl (C=O) groups is 1. The van der Waals surface area contributed by atoms with Crippen molar-refractivity contribution < 1.29 is 14.8 Å². The second-order valence-electron chi connectivity index (χ2n) is 10.6. The normalized spacial score (nSPS) is 35.8. The first kappa shape index (κ1) is 19.6. The summed E-state index contributed by atoms with van der Waals surface area (Å²) in [5.74, 6) is 1.67. The van der Waals surface area contributed by atoms with E-state index in [1.807, 2.05) is 24.3 Å². The Labute approximate surface area is 174 Å². The van der Waals surface area contributed by atoms with Gasteiger partial charge in [0.15, 0.2) is 0 Å². The molecule has 5 aliphatic rings. The molecule has 29 heavy (non-hydrogen) atoms. The van der Waals surface area contributed by atoms with E-state index in [0.717, 1.165) is 48.1 Å². The third-order valence-electron chi connectivity index (χ3n) is 8.06. The molecule has 0 aromatic heterocycles. The van der Waals surface area contributed by atoms with E-state index in [1.54, 1.807) is 4.90 Å². The van der Waals surface area contributed by atoms with Crippen molar-refractivity contribution >= 4 is 13.0 Å².